The van der Waals surface area contributed by atoms with Crippen LogP contribution in [0.5, 0.6) is 5.88 Å². The number of carboxylic acids is 1. The zero-order valence-corrected chi connectivity index (χ0v) is 19.5. The maximum absolute atomic E-state index is 13.3. The molecule has 0 bridgehead atoms. The van der Waals surface area contributed by atoms with Gasteiger partial charge in [0, 0.05) is 36.6 Å². The lowest BCUT2D eigenvalue weighted by Gasteiger charge is -2.15. The molecular formula is C24H20ClF3N4O4. The molecule has 0 aliphatic heterocycles. The highest BCUT2D eigenvalue weighted by Gasteiger charge is 2.36. The van der Waals surface area contributed by atoms with Crippen LogP contribution in [0.15, 0.2) is 60.8 Å². The molecule has 0 spiro atoms. The first kappa shape index (κ1) is 25.1. The van der Waals surface area contributed by atoms with Crippen LogP contribution in [0.2, 0.25) is 5.02 Å². The van der Waals surface area contributed by atoms with Gasteiger partial charge in [0.2, 0.25) is 5.88 Å². The molecule has 0 aliphatic carbocycles. The number of hydrogen-bond acceptors (Lipinski definition) is 4. The molecule has 2 aromatic carbocycles. The number of ether oxygens (including phenoxy) is 1. The monoisotopic (exact) mass is 520 g/mol. The molecule has 4 aromatic rings. The molecule has 0 saturated carbocycles. The van der Waals surface area contributed by atoms with Crippen molar-refractivity contribution < 1.29 is 32.6 Å². The minimum Gasteiger partial charge on any atom is -0.480 e. The summed E-state index contributed by atoms with van der Waals surface area (Å²) in [5.74, 6) is -2.48. The van der Waals surface area contributed by atoms with Crippen LogP contribution in [-0.4, -0.2) is 44.0 Å². The fourth-order valence-corrected chi connectivity index (χ4v) is 4.00. The van der Waals surface area contributed by atoms with E-state index in [1.165, 1.54) is 12.1 Å². The molecule has 188 valence electrons. The van der Waals surface area contributed by atoms with Crippen molar-refractivity contribution in [1.29, 1.82) is 0 Å². The summed E-state index contributed by atoms with van der Waals surface area (Å²) in [5.41, 5.74) is 0.495. The number of halogens is 4. The zero-order valence-electron chi connectivity index (χ0n) is 18.8. The van der Waals surface area contributed by atoms with Crippen molar-refractivity contribution >= 4 is 34.4 Å². The lowest BCUT2D eigenvalue weighted by Crippen LogP contribution is -2.44. The third kappa shape index (κ3) is 5.30. The fourth-order valence-electron chi connectivity index (χ4n) is 3.79. The molecular weight excluding hydrogens is 501 g/mol. The molecule has 0 radical (unpaired) electrons. The quantitative estimate of drug-likeness (QED) is 0.362. The number of carbonyl (C=O) groups is 2. The Morgan fingerprint density at radius 2 is 1.86 bits per heavy atom. The van der Waals surface area contributed by atoms with E-state index >= 15 is 0 Å². The van der Waals surface area contributed by atoms with E-state index < -0.39 is 36.4 Å². The molecule has 2 N–H and O–H groups in total. The molecule has 8 nitrogen and oxygen atoms in total. The van der Waals surface area contributed by atoms with Gasteiger partial charge in [-0.15, -0.1) is 0 Å². The van der Waals surface area contributed by atoms with Crippen LogP contribution in [0.1, 0.15) is 11.3 Å². The molecule has 12 heteroatoms. The van der Waals surface area contributed by atoms with Crippen molar-refractivity contribution in [1.82, 2.24) is 19.7 Å². The van der Waals surface area contributed by atoms with Crippen molar-refractivity contribution in [2.75, 3.05) is 6.61 Å². The van der Waals surface area contributed by atoms with E-state index in [0.29, 0.717) is 11.6 Å². The minimum absolute atomic E-state index is 0.00178. The van der Waals surface area contributed by atoms with Gasteiger partial charge >= 0.3 is 12.1 Å². The summed E-state index contributed by atoms with van der Waals surface area (Å²) in [7, 11) is 1.82. The van der Waals surface area contributed by atoms with Crippen molar-refractivity contribution in [2.24, 2.45) is 7.05 Å². The number of aryl methyl sites for hydroxylation is 1. The van der Waals surface area contributed by atoms with E-state index in [-0.39, 0.29) is 23.0 Å². The number of amides is 1. The highest BCUT2D eigenvalue weighted by molar-refractivity contribution is 6.32. The Bertz CT molecular complexity index is 1430. The van der Waals surface area contributed by atoms with E-state index in [0.717, 1.165) is 15.6 Å². The Kier molecular flexibility index (Phi) is 6.93. The van der Waals surface area contributed by atoms with Gasteiger partial charge in [0.1, 0.15) is 6.04 Å². The SMILES string of the molecule is Cn1cc(C[C@H](NC(=O)COc2cc(C(F)(F)F)nn2-c2ccccc2Cl)C(=O)O)c2ccccc21. The molecule has 1 atom stereocenters. The summed E-state index contributed by atoms with van der Waals surface area (Å²) in [6, 6.07) is 12.8. The van der Waals surface area contributed by atoms with Crippen molar-refractivity contribution in [2.45, 2.75) is 18.6 Å². The first-order chi connectivity index (χ1) is 17.0. The molecule has 0 saturated heterocycles. The zero-order chi connectivity index (χ0) is 26.0. The number of carboxylic acid groups (broad SMARTS) is 1. The van der Waals surface area contributed by atoms with Gasteiger partial charge < -0.3 is 19.7 Å². The summed E-state index contributed by atoms with van der Waals surface area (Å²) >= 11 is 6.10. The minimum atomic E-state index is -4.76. The summed E-state index contributed by atoms with van der Waals surface area (Å²) in [5, 5.41) is 16.5. The maximum Gasteiger partial charge on any atom is 0.435 e. The smallest absolute Gasteiger partial charge is 0.435 e. The van der Waals surface area contributed by atoms with E-state index in [4.69, 9.17) is 16.3 Å². The number of nitrogens with one attached hydrogen (secondary N) is 1. The van der Waals surface area contributed by atoms with Crippen molar-refractivity contribution in [3.05, 3.63) is 77.1 Å². The standard InChI is InChI=1S/C24H20ClF3N4O4/c1-31-12-14(15-6-2-4-8-18(15)31)10-17(23(34)35)29-21(33)13-36-22-11-20(24(26,27)28)30-32(22)19-9-5-3-7-16(19)25/h2-9,11-12,17H,10,13H2,1H3,(H,29,33)(H,34,35)/t17-/m0/s1. The number of hydrogen-bond donors (Lipinski definition) is 2. The Morgan fingerprint density at radius 1 is 1.17 bits per heavy atom. The van der Waals surface area contributed by atoms with E-state index in [2.05, 4.69) is 10.4 Å². The summed E-state index contributed by atoms with van der Waals surface area (Å²) in [4.78, 5) is 24.4. The van der Waals surface area contributed by atoms with Crippen molar-refractivity contribution in [3.8, 4) is 11.6 Å². The average molecular weight is 521 g/mol. The summed E-state index contributed by atoms with van der Waals surface area (Å²) < 4.78 is 47.8. The van der Waals surface area contributed by atoms with E-state index in [9.17, 15) is 27.9 Å². The second-order valence-electron chi connectivity index (χ2n) is 7.96. The lowest BCUT2D eigenvalue weighted by molar-refractivity contribution is -0.142. The first-order valence-corrected chi connectivity index (χ1v) is 11.0. The Hall–Kier alpha value is -3.99. The first-order valence-electron chi connectivity index (χ1n) is 10.6. The molecule has 0 unspecified atom stereocenters. The summed E-state index contributed by atoms with van der Waals surface area (Å²) in [6.07, 6.45) is -2.98. The number of alkyl halides is 3. The maximum atomic E-state index is 13.3. The highest BCUT2D eigenvalue weighted by Crippen LogP contribution is 2.33. The lowest BCUT2D eigenvalue weighted by atomic mass is 10.1. The van der Waals surface area contributed by atoms with Gasteiger partial charge in [-0.05, 0) is 23.8 Å². The molecule has 4 rings (SSSR count). The fraction of sp³-hybridized carbons (Fsp3) is 0.208. The molecule has 2 heterocycles. The van der Waals surface area contributed by atoms with Crippen molar-refractivity contribution in [3.63, 3.8) is 0 Å². The summed E-state index contributed by atoms with van der Waals surface area (Å²) in [6.45, 7) is -0.743. The molecule has 1 amide bonds. The van der Waals surface area contributed by atoms with Crippen LogP contribution < -0.4 is 10.1 Å². The number of nitrogens with zero attached hydrogens (tertiary/aromatic N) is 3. The number of carbonyl (C=O) groups excluding carboxylic acids is 1. The van der Waals surface area contributed by atoms with Crippen LogP contribution in [-0.2, 0) is 29.2 Å². The van der Waals surface area contributed by atoms with Gasteiger partial charge in [0.25, 0.3) is 5.91 Å². The van der Waals surface area contributed by atoms with Gasteiger partial charge in [0.15, 0.2) is 12.3 Å². The van der Waals surface area contributed by atoms with Gasteiger partial charge in [-0.3, -0.25) is 4.79 Å². The Labute approximate surface area is 207 Å². The van der Waals surface area contributed by atoms with Crippen LogP contribution in [0.3, 0.4) is 0 Å². The second-order valence-corrected chi connectivity index (χ2v) is 8.37. The van der Waals surface area contributed by atoms with Crippen LogP contribution in [0, 0.1) is 0 Å². The van der Waals surface area contributed by atoms with E-state index in [1.54, 1.807) is 18.3 Å². The van der Waals surface area contributed by atoms with Gasteiger partial charge in [-0.25, -0.2) is 4.79 Å². The number of rotatable bonds is 8. The Morgan fingerprint density at radius 3 is 2.56 bits per heavy atom. The largest absolute Gasteiger partial charge is 0.480 e. The number of para-hydroxylation sites is 2. The van der Waals surface area contributed by atoms with E-state index in [1.807, 2.05) is 35.9 Å². The molecule has 2 aromatic heterocycles. The number of fused-ring (bicyclic) bond motifs is 1. The number of benzene rings is 2. The van der Waals surface area contributed by atoms with Gasteiger partial charge in [-0.2, -0.15) is 23.0 Å². The van der Waals surface area contributed by atoms with Crippen LogP contribution in [0.4, 0.5) is 13.2 Å². The average Bonchev–Trinajstić information content (AvgIpc) is 3.39. The molecule has 36 heavy (non-hydrogen) atoms. The van der Waals surface area contributed by atoms with Crippen LogP contribution in [0.25, 0.3) is 16.6 Å². The third-order valence-electron chi connectivity index (χ3n) is 5.44. The number of aliphatic carboxylic acids is 1. The molecule has 0 aliphatic rings. The normalized spacial score (nSPS) is 12.5. The van der Waals surface area contributed by atoms with Gasteiger partial charge in [-0.1, -0.05) is 41.9 Å². The third-order valence-corrected chi connectivity index (χ3v) is 5.76. The highest BCUT2D eigenvalue weighted by atomic mass is 35.5. The predicted octanol–water partition coefficient (Wildman–Crippen LogP) is 4.23. The molecule has 0 fully saturated rings. The Balaban J connectivity index is 1.51. The second kappa shape index (κ2) is 9.94. The topological polar surface area (TPSA) is 98.4 Å². The van der Waals surface area contributed by atoms with Crippen LogP contribution >= 0.6 is 11.6 Å². The predicted molar refractivity (Wildman–Crippen MR) is 125 cm³/mol. The van der Waals surface area contributed by atoms with Gasteiger partial charge in [0.05, 0.1) is 10.7 Å². The number of aromatic nitrogens is 3.